The quantitative estimate of drug-likeness (QED) is 0.713. The number of nitrogens with zero attached hydrogens (tertiary/aromatic N) is 2. The van der Waals surface area contributed by atoms with Gasteiger partial charge in [0, 0.05) is 23.9 Å². The second kappa shape index (κ2) is 5.97. The van der Waals surface area contributed by atoms with E-state index in [9.17, 15) is 0 Å². The molecule has 5 heteroatoms. The first-order chi connectivity index (χ1) is 9.69. The number of rotatable bonds is 4. The predicted molar refractivity (Wildman–Crippen MR) is 93.2 cm³/mol. The van der Waals surface area contributed by atoms with Crippen LogP contribution < -0.4 is 5.32 Å². The van der Waals surface area contributed by atoms with E-state index in [1.165, 1.54) is 27.7 Å². The molecule has 3 rings (SSSR count). The average Bonchev–Trinajstić information content (AvgIpc) is 3.27. The van der Waals surface area contributed by atoms with Gasteiger partial charge in [0.25, 0.3) is 0 Å². The molecule has 0 aliphatic heterocycles. The molecule has 1 aliphatic rings. The first kappa shape index (κ1) is 14.3. The highest BCUT2D eigenvalue weighted by atomic mass is 127. The van der Waals surface area contributed by atoms with E-state index in [4.69, 9.17) is 4.98 Å². The minimum absolute atomic E-state index is 0.634. The second-order valence-electron chi connectivity index (χ2n) is 4.98. The molecular weight excluding hydrogens is 429 g/mol. The number of hydrogen-bond donors (Lipinski definition) is 1. The summed E-state index contributed by atoms with van der Waals surface area (Å²) < 4.78 is 2.28. The largest absolute Gasteiger partial charge is 0.372 e. The smallest absolute Gasteiger partial charge is 0.143 e. The van der Waals surface area contributed by atoms with Gasteiger partial charge in [-0.25, -0.2) is 9.97 Å². The van der Waals surface area contributed by atoms with Crippen LogP contribution in [0.3, 0.4) is 0 Å². The van der Waals surface area contributed by atoms with Crippen LogP contribution in [-0.4, -0.2) is 17.0 Å². The molecule has 0 spiro atoms. The fraction of sp³-hybridized carbons (Fsp3) is 0.333. The fourth-order valence-electron chi connectivity index (χ4n) is 2.20. The molecule has 1 aromatic heterocycles. The van der Waals surface area contributed by atoms with Crippen molar-refractivity contribution in [3.8, 4) is 0 Å². The molecule has 0 bridgehead atoms. The van der Waals surface area contributed by atoms with Crippen molar-refractivity contribution in [2.75, 3.05) is 12.4 Å². The molecule has 0 saturated heterocycles. The van der Waals surface area contributed by atoms with Gasteiger partial charge in [0.05, 0.1) is 9.26 Å². The van der Waals surface area contributed by atoms with E-state index in [2.05, 4.69) is 61.0 Å². The topological polar surface area (TPSA) is 37.8 Å². The summed E-state index contributed by atoms with van der Waals surface area (Å²) in [7, 11) is 1.92. The maximum absolute atomic E-state index is 4.80. The van der Waals surface area contributed by atoms with Crippen LogP contribution >= 0.6 is 38.5 Å². The van der Waals surface area contributed by atoms with Crippen LogP contribution in [0.25, 0.3) is 0 Å². The molecule has 0 atom stereocenters. The highest BCUT2D eigenvalue weighted by Gasteiger charge is 2.29. The van der Waals surface area contributed by atoms with E-state index < -0.39 is 0 Å². The molecule has 0 amide bonds. The molecule has 1 fully saturated rings. The van der Waals surface area contributed by atoms with Crippen LogP contribution in [0.15, 0.2) is 28.7 Å². The molecule has 1 aliphatic carbocycles. The van der Waals surface area contributed by atoms with Crippen LogP contribution in [0.5, 0.6) is 0 Å². The minimum atomic E-state index is 0.634. The third-order valence-corrected chi connectivity index (χ3v) is 5.27. The lowest BCUT2D eigenvalue weighted by molar-refractivity contribution is 0.889. The highest BCUT2D eigenvalue weighted by Crippen LogP contribution is 2.42. The lowest BCUT2D eigenvalue weighted by Crippen LogP contribution is -2.07. The van der Waals surface area contributed by atoms with Gasteiger partial charge in [-0.05, 0) is 47.1 Å². The number of anilines is 1. The van der Waals surface area contributed by atoms with Gasteiger partial charge in [0.2, 0.25) is 0 Å². The zero-order valence-electron chi connectivity index (χ0n) is 11.2. The molecular formula is C15H15BrIN3. The Morgan fingerprint density at radius 2 is 2.05 bits per heavy atom. The molecule has 1 N–H and O–H groups in total. The van der Waals surface area contributed by atoms with Crippen molar-refractivity contribution in [2.45, 2.75) is 25.2 Å². The Labute approximate surface area is 140 Å². The summed E-state index contributed by atoms with van der Waals surface area (Å²) in [5.41, 5.74) is 2.43. The monoisotopic (exact) mass is 443 g/mol. The third-order valence-electron chi connectivity index (χ3n) is 3.43. The standard InChI is InChI=1S/C15H15BrIN3/c1-18-15-13(17)14(9-6-7-9)19-12(20-15)8-10-4-2-3-5-11(10)16/h2-5,9H,6-8H2,1H3,(H,18,19,20). The first-order valence-corrected chi connectivity index (χ1v) is 8.53. The normalized spacial score (nSPS) is 14.3. The van der Waals surface area contributed by atoms with Gasteiger partial charge in [-0.2, -0.15) is 0 Å². The summed E-state index contributed by atoms with van der Waals surface area (Å²) >= 11 is 5.94. The molecule has 1 aromatic carbocycles. The number of aromatic nitrogens is 2. The van der Waals surface area contributed by atoms with Crippen LogP contribution in [0, 0.1) is 3.57 Å². The van der Waals surface area contributed by atoms with E-state index in [0.717, 1.165) is 22.5 Å². The first-order valence-electron chi connectivity index (χ1n) is 6.66. The minimum Gasteiger partial charge on any atom is -0.372 e. The Balaban J connectivity index is 1.97. The van der Waals surface area contributed by atoms with Gasteiger partial charge in [-0.3, -0.25) is 0 Å². The number of nitrogens with one attached hydrogen (secondary N) is 1. The summed E-state index contributed by atoms with van der Waals surface area (Å²) in [6.07, 6.45) is 3.27. The van der Waals surface area contributed by atoms with Crippen molar-refractivity contribution in [1.29, 1.82) is 0 Å². The SMILES string of the molecule is CNc1nc(Cc2ccccc2Br)nc(C2CC2)c1I. The van der Waals surface area contributed by atoms with E-state index in [-0.39, 0.29) is 0 Å². The Kier molecular flexibility index (Phi) is 4.26. The summed E-state index contributed by atoms with van der Waals surface area (Å²) in [6, 6.07) is 8.24. The summed E-state index contributed by atoms with van der Waals surface area (Å²) in [5.74, 6) is 2.48. The molecule has 0 unspecified atom stereocenters. The Bertz CT molecular complexity index is 641. The lowest BCUT2D eigenvalue weighted by Gasteiger charge is -2.11. The van der Waals surface area contributed by atoms with Crippen molar-refractivity contribution in [1.82, 2.24) is 9.97 Å². The van der Waals surface area contributed by atoms with Crippen molar-refractivity contribution in [3.63, 3.8) is 0 Å². The van der Waals surface area contributed by atoms with E-state index in [0.29, 0.717) is 5.92 Å². The zero-order valence-corrected chi connectivity index (χ0v) is 14.9. The molecule has 0 radical (unpaired) electrons. The molecule has 1 saturated carbocycles. The lowest BCUT2D eigenvalue weighted by atomic mass is 10.1. The van der Waals surface area contributed by atoms with Crippen LogP contribution in [-0.2, 0) is 6.42 Å². The van der Waals surface area contributed by atoms with Crippen molar-refractivity contribution >= 4 is 44.3 Å². The summed E-state index contributed by atoms with van der Waals surface area (Å²) in [6.45, 7) is 0. The maximum atomic E-state index is 4.80. The average molecular weight is 444 g/mol. The van der Waals surface area contributed by atoms with Gasteiger partial charge in [-0.15, -0.1) is 0 Å². The van der Waals surface area contributed by atoms with Crippen LogP contribution in [0.4, 0.5) is 5.82 Å². The predicted octanol–water partition coefficient (Wildman–Crippen LogP) is 4.35. The van der Waals surface area contributed by atoms with E-state index in [1.54, 1.807) is 0 Å². The zero-order chi connectivity index (χ0) is 14.1. The number of halogens is 2. The van der Waals surface area contributed by atoms with E-state index in [1.807, 2.05) is 19.2 Å². The van der Waals surface area contributed by atoms with Gasteiger partial charge in [0.15, 0.2) is 0 Å². The Morgan fingerprint density at radius 1 is 1.30 bits per heavy atom. The van der Waals surface area contributed by atoms with Crippen molar-refractivity contribution in [2.24, 2.45) is 0 Å². The molecule has 3 nitrogen and oxygen atoms in total. The maximum Gasteiger partial charge on any atom is 0.143 e. The highest BCUT2D eigenvalue weighted by molar-refractivity contribution is 14.1. The Morgan fingerprint density at radius 3 is 2.70 bits per heavy atom. The molecule has 104 valence electrons. The summed E-state index contributed by atoms with van der Waals surface area (Å²) in [4.78, 5) is 9.45. The Hall–Kier alpha value is -0.690. The van der Waals surface area contributed by atoms with Crippen LogP contribution in [0.2, 0.25) is 0 Å². The van der Waals surface area contributed by atoms with Gasteiger partial charge in [0.1, 0.15) is 11.6 Å². The molecule has 2 aromatic rings. The molecule has 20 heavy (non-hydrogen) atoms. The van der Waals surface area contributed by atoms with Gasteiger partial charge in [-0.1, -0.05) is 34.1 Å². The summed E-state index contributed by atoms with van der Waals surface area (Å²) in [5, 5.41) is 3.19. The van der Waals surface area contributed by atoms with Crippen molar-refractivity contribution in [3.05, 3.63) is 49.4 Å². The molecule has 1 heterocycles. The second-order valence-corrected chi connectivity index (χ2v) is 6.91. The van der Waals surface area contributed by atoms with Gasteiger partial charge < -0.3 is 5.32 Å². The number of hydrogen-bond acceptors (Lipinski definition) is 3. The fourth-order valence-corrected chi connectivity index (χ4v) is 3.57. The van der Waals surface area contributed by atoms with Gasteiger partial charge >= 0.3 is 0 Å². The third kappa shape index (κ3) is 2.98. The number of benzene rings is 1. The van der Waals surface area contributed by atoms with Crippen LogP contribution in [0.1, 0.15) is 35.8 Å². The van der Waals surface area contributed by atoms with Crippen molar-refractivity contribution < 1.29 is 0 Å². The van der Waals surface area contributed by atoms with E-state index >= 15 is 0 Å².